The summed E-state index contributed by atoms with van der Waals surface area (Å²) in [5.41, 5.74) is 6.09. The van der Waals surface area contributed by atoms with Gasteiger partial charge in [0.15, 0.2) is 0 Å². The van der Waals surface area contributed by atoms with Crippen molar-refractivity contribution in [2.45, 2.75) is 18.9 Å². The molecular formula is C11H14ClNO2. The molecule has 15 heavy (non-hydrogen) atoms. The summed E-state index contributed by atoms with van der Waals surface area (Å²) >= 11 is 5.85. The topological polar surface area (TPSA) is 52.3 Å². The van der Waals surface area contributed by atoms with E-state index >= 15 is 0 Å². The van der Waals surface area contributed by atoms with Gasteiger partial charge in [-0.15, -0.1) is 0 Å². The van der Waals surface area contributed by atoms with Crippen LogP contribution >= 0.6 is 11.6 Å². The molecule has 0 saturated carbocycles. The third-order valence-electron chi connectivity index (χ3n) is 2.22. The molecule has 3 nitrogen and oxygen atoms in total. The number of methoxy groups -OCH3 is 1. The number of ether oxygens (including phenoxy) is 1. The molecule has 0 radical (unpaired) electrons. The number of benzene rings is 1. The first-order chi connectivity index (χ1) is 6.95. The van der Waals surface area contributed by atoms with Gasteiger partial charge >= 0.3 is 5.97 Å². The number of nitrogens with two attached hydrogens (primary N) is 1. The molecule has 0 saturated heterocycles. The Morgan fingerprint density at radius 1 is 1.60 bits per heavy atom. The molecule has 0 unspecified atom stereocenters. The maximum Gasteiger partial charge on any atom is 0.307 e. The van der Waals surface area contributed by atoms with E-state index in [0.717, 1.165) is 5.56 Å². The van der Waals surface area contributed by atoms with Crippen LogP contribution < -0.4 is 5.73 Å². The van der Waals surface area contributed by atoms with Gasteiger partial charge in [0.25, 0.3) is 0 Å². The van der Waals surface area contributed by atoms with Crippen LogP contribution in [0.5, 0.6) is 0 Å². The Morgan fingerprint density at radius 2 is 2.27 bits per heavy atom. The zero-order valence-corrected chi connectivity index (χ0v) is 9.54. The van der Waals surface area contributed by atoms with Crippen LogP contribution in [0.15, 0.2) is 24.3 Å². The fraction of sp³-hybridized carbons (Fsp3) is 0.364. The van der Waals surface area contributed by atoms with Gasteiger partial charge in [-0.1, -0.05) is 23.7 Å². The van der Waals surface area contributed by atoms with Gasteiger partial charge in [-0.05, 0) is 24.6 Å². The molecule has 0 aliphatic rings. The van der Waals surface area contributed by atoms with Gasteiger partial charge < -0.3 is 10.5 Å². The summed E-state index contributed by atoms with van der Waals surface area (Å²) in [7, 11) is 1.34. The highest BCUT2D eigenvalue weighted by molar-refractivity contribution is 6.30. The fourth-order valence-corrected chi connectivity index (χ4v) is 1.51. The number of halogens is 1. The Kier molecular flexibility index (Phi) is 3.72. The quantitative estimate of drug-likeness (QED) is 0.805. The second-order valence-electron chi connectivity index (χ2n) is 3.68. The standard InChI is InChI=1S/C11H14ClNO2/c1-11(13,7-10(14)15-2)8-4-3-5-9(12)6-8/h3-6H,7,13H2,1-2H3/t11-/m1/s1. The molecule has 1 aromatic rings. The summed E-state index contributed by atoms with van der Waals surface area (Å²) in [6, 6.07) is 7.17. The molecule has 0 fully saturated rings. The Labute approximate surface area is 94.2 Å². The molecule has 1 atom stereocenters. The predicted molar refractivity (Wildman–Crippen MR) is 59.6 cm³/mol. The van der Waals surface area contributed by atoms with Crippen LogP contribution in [-0.2, 0) is 15.1 Å². The normalized spacial score (nSPS) is 14.4. The third-order valence-corrected chi connectivity index (χ3v) is 2.46. The number of hydrogen-bond acceptors (Lipinski definition) is 3. The Bertz CT molecular complexity index is 363. The van der Waals surface area contributed by atoms with E-state index in [0.29, 0.717) is 5.02 Å². The van der Waals surface area contributed by atoms with E-state index in [9.17, 15) is 4.79 Å². The Morgan fingerprint density at radius 3 is 2.80 bits per heavy atom. The maximum absolute atomic E-state index is 11.2. The van der Waals surface area contributed by atoms with Crippen LogP contribution in [0.1, 0.15) is 18.9 Å². The molecule has 1 aromatic carbocycles. The average molecular weight is 228 g/mol. The van der Waals surface area contributed by atoms with Gasteiger partial charge in [-0.3, -0.25) is 4.79 Å². The van der Waals surface area contributed by atoms with Gasteiger partial charge in [-0.2, -0.15) is 0 Å². The first-order valence-corrected chi connectivity index (χ1v) is 4.95. The molecular weight excluding hydrogens is 214 g/mol. The lowest BCUT2D eigenvalue weighted by molar-refractivity contribution is -0.141. The van der Waals surface area contributed by atoms with Crippen LogP contribution in [0.4, 0.5) is 0 Å². The van der Waals surface area contributed by atoms with Crippen molar-refractivity contribution in [3.05, 3.63) is 34.9 Å². The molecule has 2 N–H and O–H groups in total. The van der Waals surface area contributed by atoms with Crippen molar-refractivity contribution in [3.63, 3.8) is 0 Å². The fourth-order valence-electron chi connectivity index (χ4n) is 1.32. The monoisotopic (exact) mass is 227 g/mol. The molecule has 0 heterocycles. The molecule has 0 aliphatic carbocycles. The van der Waals surface area contributed by atoms with E-state index < -0.39 is 5.54 Å². The van der Waals surface area contributed by atoms with Gasteiger partial charge in [0.05, 0.1) is 13.5 Å². The van der Waals surface area contributed by atoms with Crippen molar-refractivity contribution in [2.75, 3.05) is 7.11 Å². The zero-order chi connectivity index (χ0) is 11.5. The van der Waals surface area contributed by atoms with Crippen LogP contribution in [0.2, 0.25) is 5.02 Å². The molecule has 0 bridgehead atoms. The molecule has 0 aromatic heterocycles. The van der Waals surface area contributed by atoms with Gasteiger partial charge in [0.1, 0.15) is 0 Å². The van der Waals surface area contributed by atoms with Crippen LogP contribution in [0.3, 0.4) is 0 Å². The minimum absolute atomic E-state index is 0.129. The summed E-state index contributed by atoms with van der Waals surface area (Å²) in [6.07, 6.45) is 0.129. The van der Waals surface area contributed by atoms with Crippen LogP contribution in [0, 0.1) is 0 Å². The Hall–Kier alpha value is -1.06. The van der Waals surface area contributed by atoms with Crippen molar-refractivity contribution < 1.29 is 9.53 Å². The summed E-state index contributed by atoms with van der Waals surface area (Å²) < 4.78 is 4.59. The van der Waals surface area contributed by atoms with E-state index in [1.807, 2.05) is 6.07 Å². The summed E-state index contributed by atoms with van der Waals surface area (Å²) in [5.74, 6) is -0.333. The van der Waals surface area contributed by atoms with E-state index in [4.69, 9.17) is 17.3 Å². The predicted octanol–water partition coefficient (Wildman–Crippen LogP) is 2.08. The minimum Gasteiger partial charge on any atom is -0.469 e. The lowest BCUT2D eigenvalue weighted by Gasteiger charge is -2.23. The van der Waals surface area contributed by atoms with Crippen molar-refractivity contribution in [1.29, 1.82) is 0 Å². The lowest BCUT2D eigenvalue weighted by Crippen LogP contribution is -2.35. The number of rotatable bonds is 3. The summed E-state index contributed by atoms with van der Waals surface area (Å²) in [4.78, 5) is 11.2. The molecule has 0 amide bonds. The van der Waals surface area contributed by atoms with E-state index in [1.54, 1.807) is 25.1 Å². The zero-order valence-electron chi connectivity index (χ0n) is 8.79. The Balaban J connectivity index is 2.90. The number of carbonyl (C=O) groups excluding carboxylic acids is 1. The summed E-state index contributed by atoms with van der Waals surface area (Å²) in [5, 5.41) is 0.606. The van der Waals surface area contributed by atoms with Gasteiger partial charge in [0, 0.05) is 10.6 Å². The molecule has 0 aliphatic heterocycles. The highest BCUT2D eigenvalue weighted by atomic mass is 35.5. The van der Waals surface area contributed by atoms with Gasteiger partial charge in [0.2, 0.25) is 0 Å². The smallest absolute Gasteiger partial charge is 0.307 e. The molecule has 4 heteroatoms. The number of hydrogen-bond donors (Lipinski definition) is 1. The summed E-state index contributed by atoms with van der Waals surface area (Å²) in [6.45, 7) is 1.77. The maximum atomic E-state index is 11.2. The number of carbonyl (C=O) groups is 1. The largest absolute Gasteiger partial charge is 0.469 e. The van der Waals surface area contributed by atoms with E-state index in [1.165, 1.54) is 7.11 Å². The minimum atomic E-state index is -0.752. The second-order valence-corrected chi connectivity index (χ2v) is 4.12. The van der Waals surface area contributed by atoms with Crippen LogP contribution in [0.25, 0.3) is 0 Å². The van der Waals surface area contributed by atoms with Crippen molar-refractivity contribution in [2.24, 2.45) is 5.73 Å². The molecule has 0 spiro atoms. The van der Waals surface area contributed by atoms with Crippen molar-refractivity contribution in [3.8, 4) is 0 Å². The highest BCUT2D eigenvalue weighted by Gasteiger charge is 2.25. The highest BCUT2D eigenvalue weighted by Crippen LogP contribution is 2.24. The third kappa shape index (κ3) is 3.22. The first-order valence-electron chi connectivity index (χ1n) is 4.57. The number of esters is 1. The average Bonchev–Trinajstić information content (AvgIpc) is 2.17. The van der Waals surface area contributed by atoms with E-state index in [2.05, 4.69) is 4.74 Å². The van der Waals surface area contributed by atoms with E-state index in [-0.39, 0.29) is 12.4 Å². The van der Waals surface area contributed by atoms with Crippen LogP contribution in [-0.4, -0.2) is 13.1 Å². The first kappa shape index (κ1) is 12.0. The lowest BCUT2D eigenvalue weighted by atomic mass is 9.90. The van der Waals surface area contributed by atoms with Gasteiger partial charge in [-0.25, -0.2) is 0 Å². The molecule has 82 valence electrons. The van der Waals surface area contributed by atoms with Crippen molar-refractivity contribution in [1.82, 2.24) is 0 Å². The van der Waals surface area contributed by atoms with Crippen molar-refractivity contribution >= 4 is 17.6 Å². The SMILES string of the molecule is COC(=O)C[C@@](C)(N)c1cccc(Cl)c1. The molecule has 1 rings (SSSR count). The second kappa shape index (κ2) is 4.64.